The topological polar surface area (TPSA) is 114 Å². The highest BCUT2D eigenvalue weighted by Crippen LogP contribution is 2.27. The van der Waals surface area contributed by atoms with Crippen molar-refractivity contribution in [1.29, 1.82) is 0 Å². The van der Waals surface area contributed by atoms with Crippen molar-refractivity contribution in [2.45, 2.75) is 51.7 Å². The molecule has 3 rings (SSSR count). The summed E-state index contributed by atoms with van der Waals surface area (Å²) in [6.07, 6.45) is 2.96. The zero-order chi connectivity index (χ0) is 25.4. The van der Waals surface area contributed by atoms with Crippen molar-refractivity contribution >= 4 is 34.2 Å². The molecule has 0 saturated carbocycles. The van der Waals surface area contributed by atoms with E-state index in [-0.39, 0.29) is 37.1 Å². The Balaban J connectivity index is 1.88. The second-order valence-corrected chi connectivity index (χ2v) is 9.80. The first kappa shape index (κ1) is 26.0. The number of carbonyl (C=O) groups excluding carboxylic acids is 3. The van der Waals surface area contributed by atoms with E-state index in [0.717, 1.165) is 0 Å². The molecule has 2 heterocycles. The van der Waals surface area contributed by atoms with E-state index in [4.69, 9.17) is 9.15 Å². The Kier molecular flexibility index (Phi) is 8.64. The van der Waals surface area contributed by atoms with Gasteiger partial charge < -0.3 is 24.7 Å². The molecule has 3 aromatic rings. The summed E-state index contributed by atoms with van der Waals surface area (Å²) in [5.74, 6) is 0.126. The molecule has 2 aromatic heterocycles. The molecule has 186 valence electrons. The number of rotatable bonds is 10. The second kappa shape index (κ2) is 11.7. The van der Waals surface area contributed by atoms with Crippen LogP contribution >= 0.6 is 11.3 Å². The van der Waals surface area contributed by atoms with Gasteiger partial charge in [-0.3, -0.25) is 14.4 Å². The number of hydrogen-bond donors (Lipinski definition) is 2. The standard InChI is InChI=1S/C25H30N4O5S/c1-25(2,3)28-23(32)22(17-7-9-18(33-4)10-8-17)29(16-19-6-5-14-34-19)21(31)12-11-20(30)27-24-26-13-15-35-24/h5-10,13-15,22H,11-12,16H2,1-4H3,(H,28,32)(H,26,27,30)/t22-/m0/s1. The van der Waals surface area contributed by atoms with Crippen LogP contribution in [0.1, 0.15) is 51.0 Å². The van der Waals surface area contributed by atoms with Gasteiger partial charge in [0, 0.05) is 30.0 Å². The largest absolute Gasteiger partial charge is 0.497 e. The summed E-state index contributed by atoms with van der Waals surface area (Å²) in [6, 6.07) is 9.50. The first-order valence-corrected chi connectivity index (χ1v) is 12.0. The van der Waals surface area contributed by atoms with Gasteiger partial charge in [-0.1, -0.05) is 12.1 Å². The van der Waals surface area contributed by atoms with Crippen LogP contribution in [0.15, 0.2) is 58.7 Å². The molecule has 1 aromatic carbocycles. The van der Waals surface area contributed by atoms with Gasteiger partial charge in [0.1, 0.15) is 17.6 Å². The molecule has 0 unspecified atom stereocenters. The lowest BCUT2D eigenvalue weighted by atomic mass is 10.0. The van der Waals surface area contributed by atoms with E-state index >= 15 is 0 Å². The van der Waals surface area contributed by atoms with Crippen molar-refractivity contribution in [2.75, 3.05) is 12.4 Å². The first-order chi connectivity index (χ1) is 16.7. The minimum Gasteiger partial charge on any atom is -0.497 e. The fourth-order valence-corrected chi connectivity index (χ4v) is 3.97. The van der Waals surface area contributed by atoms with Crippen LogP contribution in [-0.4, -0.2) is 40.3 Å². The predicted octanol–water partition coefficient (Wildman–Crippen LogP) is 4.15. The monoisotopic (exact) mass is 498 g/mol. The van der Waals surface area contributed by atoms with Gasteiger partial charge in [0.25, 0.3) is 0 Å². The molecule has 3 amide bonds. The van der Waals surface area contributed by atoms with Crippen LogP contribution < -0.4 is 15.4 Å². The normalized spacial score (nSPS) is 12.0. The number of anilines is 1. The van der Waals surface area contributed by atoms with Gasteiger partial charge in [-0.2, -0.15) is 0 Å². The van der Waals surface area contributed by atoms with Gasteiger partial charge in [-0.15, -0.1) is 11.3 Å². The Hall–Kier alpha value is -3.66. The Morgan fingerprint density at radius 1 is 1.14 bits per heavy atom. The third kappa shape index (κ3) is 7.68. The van der Waals surface area contributed by atoms with Crippen LogP contribution in [0.4, 0.5) is 5.13 Å². The van der Waals surface area contributed by atoms with E-state index < -0.39 is 11.6 Å². The first-order valence-electron chi connectivity index (χ1n) is 11.1. The molecule has 0 fully saturated rings. The minimum absolute atomic E-state index is 0.0523. The molecule has 0 bridgehead atoms. The molecule has 0 radical (unpaired) electrons. The number of thiazole rings is 1. The molecular weight excluding hydrogens is 468 g/mol. The van der Waals surface area contributed by atoms with Crippen molar-refractivity contribution in [1.82, 2.24) is 15.2 Å². The van der Waals surface area contributed by atoms with Gasteiger partial charge in [0.15, 0.2) is 5.13 Å². The number of ether oxygens (including phenoxy) is 1. The van der Waals surface area contributed by atoms with Crippen molar-refractivity contribution in [3.05, 3.63) is 65.6 Å². The summed E-state index contributed by atoms with van der Waals surface area (Å²) in [6.45, 7) is 5.68. The fourth-order valence-electron chi connectivity index (χ4n) is 3.42. The highest BCUT2D eigenvalue weighted by molar-refractivity contribution is 7.13. The number of furan rings is 1. The van der Waals surface area contributed by atoms with E-state index in [0.29, 0.717) is 22.2 Å². The average molecular weight is 499 g/mol. The van der Waals surface area contributed by atoms with Crippen molar-refractivity contribution in [3.63, 3.8) is 0 Å². The summed E-state index contributed by atoms with van der Waals surface area (Å²) in [5.41, 5.74) is 0.0918. The van der Waals surface area contributed by atoms with Crippen LogP contribution in [0.3, 0.4) is 0 Å². The Morgan fingerprint density at radius 2 is 1.89 bits per heavy atom. The SMILES string of the molecule is COc1ccc([C@@H](C(=O)NC(C)(C)C)N(Cc2ccco2)C(=O)CCC(=O)Nc2nccs2)cc1. The number of aromatic nitrogens is 1. The van der Waals surface area contributed by atoms with Gasteiger partial charge >= 0.3 is 0 Å². The predicted molar refractivity (Wildman–Crippen MR) is 133 cm³/mol. The zero-order valence-corrected chi connectivity index (χ0v) is 21.1. The van der Waals surface area contributed by atoms with Crippen LogP contribution in [-0.2, 0) is 20.9 Å². The quantitative estimate of drug-likeness (QED) is 0.434. The number of amides is 3. The van der Waals surface area contributed by atoms with Crippen LogP contribution in [0.25, 0.3) is 0 Å². The second-order valence-electron chi connectivity index (χ2n) is 8.90. The zero-order valence-electron chi connectivity index (χ0n) is 20.2. The summed E-state index contributed by atoms with van der Waals surface area (Å²) in [4.78, 5) is 44.8. The van der Waals surface area contributed by atoms with Gasteiger partial charge in [-0.25, -0.2) is 4.98 Å². The van der Waals surface area contributed by atoms with Gasteiger partial charge in [0.05, 0.1) is 19.9 Å². The Labute approximate surface area is 208 Å². The van der Waals surface area contributed by atoms with Gasteiger partial charge in [-0.05, 0) is 50.6 Å². The van der Waals surface area contributed by atoms with Gasteiger partial charge in [0.2, 0.25) is 17.7 Å². The summed E-state index contributed by atoms with van der Waals surface area (Å²) in [5, 5.41) is 7.87. The molecule has 10 heteroatoms. The fraction of sp³-hybridized carbons (Fsp3) is 0.360. The third-order valence-corrected chi connectivity index (χ3v) is 5.65. The van der Waals surface area contributed by atoms with Crippen LogP contribution in [0, 0.1) is 0 Å². The molecule has 0 aliphatic heterocycles. The molecule has 2 N–H and O–H groups in total. The molecule has 0 aliphatic rings. The van der Waals surface area contributed by atoms with E-state index in [2.05, 4.69) is 15.6 Å². The molecule has 0 spiro atoms. The summed E-state index contributed by atoms with van der Waals surface area (Å²) in [7, 11) is 1.56. The van der Waals surface area contributed by atoms with Crippen molar-refractivity contribution in [2.24, 2.45) is 0 Å². The highest BCUT2D eigenvalue weighted by atomic mass is 32.1. The van der Waals surface area contributed by atoms with E-state index in [9.17, 15) is 14.4 Å². The highest BCUT2D eigenvalue weighted by Gasteiger charge is 2.34. The average Bonchev–Trinajstić information content (AvgIpc) is 3.50. The van der Waals surface area contributed by atoms with Crippen LogP contribution in [0.2, 0.25) is 0 Å². The summed E-state index contributed by atoms with van der Waals surface area (Å²) >= 11 is 1.29. The molecule has 0 aliphatic carbocycles. The lowest BCUT2D eigenvalue weighted by molar-refractivity contribution is -0.143. The lowest BCUT2D eigenvalue weighted by Gasteiger charge is -2.33. The van der Waals surface area contributed by atoms with E-state index in [1.54, 1.807) is 55.1 Å². The number of methoxy groups -OCH3 is 1. The Morgan fingerprint density at radius 3 is 2.46 bits per heavy atom. The minimum atomic E-state index is -0.945. The number of nitrogens with one attached hydrogen (secondary N) is 2. The maximum atomic E-state index is 13.5. The van der Waals surface area contributed by atoms with E-state index in [1.165, 1.54) is 22.5 Å². The number of carbonyl (C=O) groups is 3. The lowest BCUT2D eigenvalue weighted by Crippen LogP contribution is -2.49. The maximum Gasteiger partial charge on any atom is 0.247 e. The summed E-state index contributed by atoms with van der Waals surface area (Å²) < 4.78 is 10.7. The molecule has 1 atom stereocenters. The maximum absolute atomic E-state index is 13.5. The molecule has 35 heavy (non-hydrogen) atoms. The smallest absolute Gasteiger partial charge is 0.247 e. The molecule has 0 saturated heterocycles. The number of nitrogens with zero attached hydrogens (tertiary/aromatic N) is 2. The number of benzene rings is 1. The van der Waals surface area contributed by atoms with Crippen LogP contribution in [0.5, 0.6) is 5.75 Å². The van der Waals surface area contributed by atoms with E-state index in [1.807, 2.05) is 20.8 Å². The molecular formula is C25H30N4O5S. The Bertz CT molecular complexity index is 1110. The molecule has 9 nitrogen and oxygen atoms in total. The number of hydrogen-bond acceptors (Lipinski definition) is 7. The van der Waals surface area contributed by atoms with Crippen molar-refractivity contribution < 1.29 is 23.5 Å². The van der Waals surface area contributed by atoms with Crippen molar-refractivity contribution in [3.8, 4) is 5.75 Å². The third-order valence-electron chi connectivity index (χ3n) is 4.96.